The summed E-state index contributed by atoms with van der Waals surface area (Å²) >= 11 is 7.50. The van der Waals surface area contributed by atoms with Gasteiger partial charge in [0.1, 0.15) is 0 Å². The number of aryl methyl sites for hydroxylation is 2. The van der Waals surface area contributed by atoms with Gasteiger partial charge in [-0.25, -0.2) is 0 Å². The molecule has 0 atom stereocenters. The fourth-order valence-electron chi connectivity index (χ4n) is 0.996. The topological polar surface area (TPSA) is 24.4 Å². The van der Waals surface area contributed by atoms with Crippen molar-refractivity contribution >= 4 is 33.2 Å². The Morgan fingerprint density at radius 2 is 2.38 bits per heavy atom. The molecule has 0 aromatic carbocycles. The van der Waals surface area contributed by atoms with Gasteiger partial charge in [-0.1, -0.05) is 6.92 Å². The largest absolute Gasteiger partial charge is 0.322 e. The van der Waals surface area contributed by atoms with Crippen molar-refractivity contribution in [2.45, 2.75) is 20.3 Å². The second kappa shape index (κ2) is 4.63. The molecule has 2 nitrogen and oxygen atoms in total. The van der Waals surface area contributed by atoms with Crippen molar-refractivity contribution in [2.75, 3.05) is 12.4 Å². The van der Waals surface area contributed by atoms with E-state index in [4.69, 9.17) is 11.6 Å². The van der Waals surface area contributed by atoms with Crippen molar-refractivity contribution in [1.82, 2.24) is 0 Å². The van der Waals surface area contributed by atoms with E-state index in [2.05, 4.69) is 30.2 Å². The minimum absolute atomic E-state index is 0.438. The van der Waals surface area contributed by atoms with Crippen LogP contribution in [-0.4, -0.2) is 12.3 Å². The lowest BCUT2D eigenvalue weighted by Gasteiger charge is -1.99. The average Bonchev–Trinajstić information content (AvgIpc) is 2.47. The van der Waals surface area contributed by atoms with Crippen LogP contribution in [0.5, 0.6) is 0 Å². The third-order valence-corrected chi connectivity index (χ3v) is 3.29. The average molecular weight is 217 g/mol. The van der Waals surface area contributed by atoms with Gasteiger partial charge < -0.3 is 5.32 Å². The van der Waals surface area contributed by atoms with Gasteiger partial charge in [-0.15, -0.1) is 11.3 Å². The molecule has 0 unspecified atom stereocenters. The molecule has 0 radical (unpaired) electrons. The molecule has 1 rings (SSSR count). The molecule has 1 heterocycles. The molecule has 1 N–H and O–H groups in total. The van der Waals surface area contributed by atoms with E-state index < -0.39 is 0 Å². The number of nitrogens with one attached hydrogen (secondary N) is 1. The number of amidine groups is 1. The van der Waals surface area contributed by atoms with Crippen LogP contribution >= 0.6 is 22.9 Å². The Morgan fingerprint density at radius 1 is 1.69 bits per heavy atom. The Hall–Kier alpha value is -0.540. The first-order valence-electron chi connectivity index (χ1n) is 4.16. The van der Waals surface area contributed by atoms with Crippen LogP contribution in [0.1, 0.15) is 17.4 Å². The summed E-state index contributed by atoms with van der Waals surface area (Å²) in [6.07, 6.45) is 1.06. The third-order valence-electron chi connectivity index (χ3n) is 1.73. The van der Waals surface area contributed by atoms with Gasteiger partial charge in [0.05, 0.1) is 5.00 Å². The zero-order valence-electron chi connectivity index (χ0n) is 8.02. The molecule has 0 amide bonds. The molecule has 0 aliphatic carbocycles. The molecule has 72 valence electrons. The van der Waals surface area contributed by atoms with E-state index in [0.29, 0.717) is 5.29 Å². The molecule has 0 spiro atoms. The Kier molecular flexibility index (Phi) is 3.75. The number of rotatable bonds is 2. The van der Waals surface area contributed by atoms with Crippen LogP contribution in [0.2, 0.25) is 0 Å². The van der Waals surface area contributed by atoms with E-state index in [1.54, 1.807) is 18.4 Å². The standard InChI is InChI=1S/C9H13ClN2S/c1-4-7-5-6(2)8(13-7)12-9(10)11-3/h5H,4H2,1-3H3,(H,11,12). The number of hydrogen-bond acceptors (Lipinski definition) is 2. The molecule has 1 aromatic rings. The van der Waals surface area contributed by atoms with Crippen LogP contribution in [0.3, 0.4) is 0 Å². The SMILES string of the molecule is CCc1cc(C)c(NC(Cl)=NC)s1. The lowest BCUT2D eigenvalue weighted by molar-refractivity contribution is 1.18. The second-order valence-electron chi connectivity index (χ2n) is 2.72. The molecule has 1 aromatic heterocycles. The highest BCUT2D eigenvalue weighted by Gasteiger charge is 2.04. The maximum absolute atomic E-state index is 5.77. The van der Waals surface area contributed by atoms with Crippen LogP contribution in [-0.2, 0) is 6.42 Å². The van der Waals surface area contributed by atoms with Crippen molar-refractivity contribution in [2.24, 2.45) is 4.99 Å². The van der Waals surface area contributed by atoms with Crippen molar-refractivity contribution in [1.29, 1.82) is 0 Å². The number of nitrogens with zero attached hydrogens (tertiary/aromatic N) is 1. The summed E-state index contributed by atoms with van der Waals surface area (Å²) in [6.45, 7) is 4.21. The lowest BCUT2D eigenvalue weighted by atomic mass is 10.3. The summed E-state index contributed by atoms with van der Waals surface area (Å²) in [5.41, 5.74) is 1.23. The fraction of sp³-hybridized carbons (Fsp3) is 0.444. The molecule has 0 bridgehead atoms. The monoisotopic (exact) mass is 216 g/mol. The van der Waals surface area contributed by atoms with Crippen molar-refractivity contribution < 1.29 is 0 Å². The van der Waals surface area contributed by atoms with Gasteiger partial charge >= 0.3 is 0 Å². The van der Waals surface area contributed by atoms with Crippen molar-refractivity contribution in [3.8, 4) is 0 Å². The molecule has 0 saturated heterocycles. The normalized spacial score (nSPS) is 11.8. The number of aliphatic imine (C=N–C) groups is 1. The third kappa shape index (κ3) is 2.71. The summed E-state index contributed by atoms with van der Waals surface area (Å²) in [6, 6.07) is 2.17. The van der Waals surface area contributed by atoms with Crippen LogP contribution in [0.15, 0.2) is 11.1 Å². The van der Waals surface area contributed by atoms with Crippen LogP contribution in [0, 0.1) is 6.92 Å². The van der Waals surface area contributed by atoms with E-state index in [9.17, 15) is 0 Å². The van der Waals surface area contributed by atoms with Gasteiger partial charge in [0, 0.05) is 11.9 Å². The van der Waals surface area contributed by atoms with Gasteiger partial charge in [0.2, 0.25) is 0 Å². The molecule has 0 aliphatic heterocycles. The highest BCUT2D eigenvalue weighted by Crippen LogP contribution is 2.27. The Labute approximate surface area is 87.6 Å². The summed E-state index contributed by atoms with van der Waals surface area (Å²) in [4.78, 5) is 5.20. The van der Waals surface area contributed by atoms with Gasteiger partial charge in [0.15, 0.2) is 5.29 Å². The number of halogens is 1. The lowest BCUT2D eigenvalue weighted by Crippen LogP contribution is -2.02. The van der Waals surface area contributed by atoms with Gasteiger partial charge in [-0.2, -0.15) is 0 Å². The van der Waals surface area contributed by atoms with Crippen LogP contribution in [0.25, 0.3) is 0 Å². The molecule has 4 heteroatoms. The minimum Gasteiger partial charge on any atom is -0.322 e. The molecular weight excluding hydrogens is 204 g/mol. The van der Waals surface area contributed by atoms with Crippen LogP contribution in [0.4, 0.5) is 5.00 Å². The molecule has 0 fully saturated rings. The second-order valence-corrected chi connectivity index (χ2v) is 4.21. The first-order chi connectivity index (χ1) is 6.17. The molecule has 13 heavy (non-hydrogen) atoms. The zero-order valence-corrected chi connectivity index (χ0v) is 9.59. The summed E-state index contributed by atoms with van der Waals surface area (Å²) in [5, 5.41) is 4.58. The Balaban J connectivity index is 2.82. The first-order valence-corrected chi connectivity index (χ1v) is 5.35. The zero-order chi connectivity index (χ0) is 9.84. The van der Waals surface area contributed by atoms with E-state index in [-0.39, 0.29) is 0 Å². The van der Waals surface area contributed by atoms with E-state index >= 15 is 0 Å². The molecular formula is C9H13ClN2S. The van der Waals surface area contributed by atoms with Crippen LogP contribution < -0.4 is 5.32 Å². The van der Waals surface area contributed by atoms with Gasteiger partial charge in [-0.05, 0) is 36.6 Å². The minimum atomic E-state index is 0.438. The van der Waals surface area contributed by atoms with E-state index in [1.165, 1.54) is 10.4 Å². The number of hydrogen-bond donors (Lipinski definition) is 1. The molecule has 0 aliphatic rings. The fourth-order valence-corrected chi connectivity index (χ4v) is 2.16. The smallest absolute Gasteiger partial charge is 0.196 e. The summed E-state index contributed by atoms with van der Waals surface area (Å²) in [5.74, 6) is 0. The van der Waals surface area contributed by atoms with E-state index in [1.807, 2.05) is 0 Å². The highest BCUT2D eigenvalue weighted by molar-refractivity contribution is 7.16. The van der Waals surface area contributed by atoms with Gasteiger partial charge in [-0.3, -0.25) is 4.99 Å². The van der Waals surface area contributed by atoms with Gasteiger partial charge in [0.25, 0.3) is 0 Å². The maximum atomic E-state index is 5.77. The number of anilines is 1. The quantitative estimate of drug-likeness (QED) is 0.458. The number of thiophene rings is 1. The highest BCUT2D eigenvalue weighted by atomic mass is 35.5. The Bertz CT molecular complexity index is 317. The maximum Gasteiger partial charge on any atom is 0.196 e. The predicted octanol–water partition coefficient (Wildman–Crippen LogP) is 3.26. The Morgan fingerprint density at radius 3 is 2.85 bits per heavy atom. The predicted molar refractivity (Wildman–Crippen MR) is 61.3 cm³/mol. The van der Waals surface area contributed by atoms with E-state index in [0.717, 1.165) is 11.4 Å². The van der Waals surface area contributed by atoms with Crippen molar-refractivity contribution in [3.05, 3.63) is 16.5 Å². The summed E-state index contributed by atoms with van der Waals surface area (Å²) in [7, 11) is 1.67. The summed E-state index contributed by atoms with van der Waals surface area (Å²) < 4.78 is 0. The van der Waals surface area contributed by atoms with Crippen molar-refractivity contribution in [3.63, 3.8) is 0 Å². The first kappa shape index (κ1) is 10.5. The molecule has 0 saturated carbocycles.